The van der Waals surface area contributed by atoms with Crippen molar-refractivity contribution in [1.82, 2.24) is 29.1 Å². The number of hydrogen-bond donors (Lipinski definition) is 0. The van der Waals surface area contributed by atoms with E-state index >= 15 is 0 Å². The summed E-state index contributed by atoms with van der Waals surface area (Å²) in [6.45, 7) is 0. The molecule has 336 valence electrons. The molecule has 0 N–H and O–H groups in total. The zero-order valence-corrected chi connectivity index (χ0v) is 38.9. The third kappa shape index (κ3) is 6.88. The van der Waals surface area contributed by atoms with Gasteiger partial charge in [0.25, 0.3) is 0 Å². The van der Waals surface area contributed by atoms with Crippen LogP contribution in [0.2, 0.25) is 0 Å². The maximum absolute atomic E-state index is 5.20. The average molecular weight is 919 g/mol. The van der Waals surface area contributed by atoms with E-state index in [9.17, 15) is 0 Å². The van der Waals surface area contributed by atoms with E-state index in [2.05, 4.69) is 203 Å². The summed E-state index contributed by atoms with van der Waals surface area (Å²) in [7, 11) is 0. The molecule has 6 heteroatoms. The number of aromatic nitrogens is 6. The number of rotatable bonds is 8. The maximum atomic E-state index is 5.20. The molecule has 0 aliphatic heterocycles. The molecular formula is C66H42N6. The molecule has 0 saturated heterocycles. The molecule has 0 saturated carbocycles. The SMILES string of the molecule is c1ccc(-c2cc(-c3ccc(-n4c5ccccc5c5c6c7ccccc7n(-c7ccc(-c8nc(-c9ccccc9)nc(-c9ccccc9)n8)cc7)c6ccc54)c4ccccc34)cc(-c3ccccc3)n2)cc1. The number of benzene rings is 10. The molecule has 0 aliphatic carbocycles. The first-order valence-electron chi connectivity index (χ1n) is 24.3. The highest BCUT2D eigenvalue weighted by Crippen LogP contribution is 2.44. The van der Waals surface area contributed by atoms with Crippen molar-refractivity contribution >= 4 is 54.4 Å². The minimum atomic E-state index is 0.626. The fraction of sp³-hybridized carbons (Fsp3) is 0. The second kappa shape index (κ2) is 17.0. The molecule has 14 aromatic rings. The molecule has 10 aromatic carbocycles. The number of pyridine rings is 1. The summed E-state index contributed by atoms with van der Waals surface area (Å²) in [6, 6.07) is 90.0. The van der Waals surface area contributed by atoms with Gasteiger partial charge in [0.1, 0.15) is 0 Å². The lowest BCUT2D eigenvalue weighted by atomic mass is 9.94. The van der Waals surface area contributed by atoms with Gasteiger partial charge in [0.05, 0.1) is 39.1 Å². The third-order valence-electron chi connectivity index (χ3n) is 14.0. The molecule has 4 aromatic heterocycles. The number of para-hydroxylation sites is 2. The van der Waals surface area contributed by atoms with Crippen LogP contribution in [0.3, 0.4) is 0 Å². The first-order chi connectivity index (χ1) is 35.7. The molecule has 0 atom stereocenters. The van der Waals surface area contributed by atoms with Crippen LogP contribution in [0.5, 0.6) is 0 Å². The quantitative estimate of drug-likeness (QED) is 0.152. The van der Waals surface area contributed by atoms with E-state index < -0.39 is 0 Å². The van der Waals surface area contributed by atoms with Gasteiger partial charge >= 0.3 is 0 Å². The fourth-order valence-corrected chi connectivity index (χ4v) is 10.7. The van der Waals surface area contributed by atoms with Crippen LogP contribution < -0.4 is 0 Å². The predicted octanol–water partition coefficient (Wildman–Crippen LogP) is 16.6. The summed E-state index contributed by atoms with van der Waals surface area (Å²) in [5.74, 6) is 1.91. The number of fused-ring (bicyclic) bond motifs is 8. The van der Waals surface area contributed by atoms with Gasteiger partial charge in [-0.25, -0.2) is 19.9 Å². The molecular weight excluding hydrogens is 877 g/mol. The van der Waals surface area contributed by atoms with E-state index in [4.69, 9.17) is 19.9 Å². The van der Waals surface area contributed by atoms with Crippen LogP contribution in [0.25, 0.3) is 134 Å². The van der Waals surface area contributed by atoms with Crippen LogP contribution in [-0.2, 0) is 0 Å². The van der Waals surface area contributed by atoms with E-state index in [0.717, 1.165) is 83.8 Å². The molecule has 0 spiro atoms. The number of nitrogens with zero attached hydrogens (tertiary/aromatic N) is 6. The van der Waals surface area contributed by atoms with Crippen molar-refractivity contribution in [3.05, 3.63) is 255 Å². The molecule has 0 fully saturated rings. The maximum Gasteiger partial charge on any atom is 0.164 e. The zero-order valence-electron chi connectivity index (χ0n) is 38.9. The Hall–Kier alpha value is -9.78. The van der Waals surface area contributed by atoms with Gasteiger partial charge in [0, 0.05) is 60.4 Å². The van der Waals surface area contributed by atoms with Crippen molar-refractivity contribution in [1.29, 1.82) is 0 Å². The predicted molar refractivity (Wildman–Crippen MR) is 296 cm³/mol. The molecule has 6 nitrogen and oxygen atoms in total. The Morgan fingerprint density at radius 1 is 0.250 bits per heavy atom. The third-order valence-corrected chi connectivity index (χ3v) is 14.0. The second-order valence-electron chi connectivity index (χ2n) is 18.2. The largest absolute Gasteiger partial charge is 0.309 e. The Morgan fingerprint density at radius 3 is 1.17 bits per heavy atom. The van der Waals surface area contributed by atoms with Gasteiger partial charge in [-0.3, -0.25) is 0 Å². The summed E-state index contributed by atoms with van der Waals surface area (Å²) >= 11 is 0. The minimum Gasteiger partial charge on any atom is -0.309 e. The van der Waals surface area contributed by atoms with Gasteiger partial charge in [-0.15, -0.1) is 0 Å². The first-order valence-corrected chi connectivity index (χ1v) is 24.3. The molecule has 0 unspecified atom stereocenters. The highest BCUT2D eigenvalue weighted by molar-refractivity contribution is 6.29. The van der Waals surface area contributed by atoms with Gasteiger partial charge in [-0.05, 0) is 83.2 Å². The zero-order chi connectivity index (χ0) is 47.5. The lowest BCUT2D eigenvalue weighted by Crippen LogP contribution is -2.00. The Bertz CT molecular complexity index is 4240. The van der Waals surface area contributed by atoms with E-state index in [0.29, 0.717) is 17.5 Å². The van der Waals surface area contributed by atoms with E-state index in [1.54, 1.807) is 0 Å². The van der Waals surface area contributed by atoms with Crippen molar-refractivity contribution in [3.8, 4) is 79.2 Å². The molecule has 4 heterocycles. The van der Waals surface area contributed by atoms with E-state index in [-0.39, 0.29) is 0 Å². The molecule has 0 radical (unpaired) electrons. The Kier molecular flexibility index (Phi) is 9.74. The van der Waals surface area contributed by atoms with Crippen molar-refractivity contribution in [2.24, 2.45) is 0 Å². The molecule has 0 amide bonds. The first kappa shape index (κ1) is 41.2. The molecule has 0 aliphatic rings. The van der Waals surface area contributed by atoms with Gasteiger partial charge in [-0.1, -0.05) is 188 Å². The van der Waals surface area contributed by atoms with Crippen LogP contribution in [0, 0.1) is 0 Å². The second-order valence-corrected chi connectivity index (χ2v) is 18.2. The van der Waals surface area contributed by atoms with Gasteiger partial charge < -0.3 is 9.13 Å². The van der Waals surface area contributed by atoms with Crippen molar-refractivity contribution < 1.29 is 0 Å². The van der Waals surface area contributed by atoms with Crippen molar-refractivity contribution in [3.63, 3.8) is 0 Å². The highest BCUT2D eigenvalue weighted by Gasteiger charge is 2.23. The summed E-state index contributed by atoms with van der Waals surface area (Å²) in [4.78, 5) is 20.2. The van der Waals surface area contributed by atoms with Crippen LogP contribution in [-0.4, -0.2) is 29.1 Å². The van der Waals surface area contributed by atoms with Crippen molar-refractivity contribution in [2.45, 2.75) is 0 Å². The lowest BCUT2D eigenvalue weighted by molar-refractivity contribution is 1.07. The smallest absolute Gasteiger partial charge is 0.164 e. The monoisotopic (exact) mass is 918 g/mol. The fourth-order valence-electron chi connectivity index (χ4n) is 10.7. The summed E-state index contributed by atoms with van der Waals surface area (Å²) in [5, 5.41) is 7.20. The Balaban J connectivity index is 0.928. The van der Waals surface area contributed by atoms with Gasteiger partial charge in [0.15, 0.2) is 17.5 Å². The van der Waals surface area contributed by atoms with Crippen LogP contribution in [0.1, 0.15) is 0 Å². The van der Waals surface area contributed by atoms with Gasteiger partial charge in [-0.2, -0.15) is 0 Å². The lowest BCUT2D eigenvalue weighted by Gasteiger charge is -2.16. The summed E-state index contributed by atoms with van der Waals surface area (Å²) in [5.41, 5.74) is 15.9. The minimum absolute atomic E-state index is 0.626. The molecule has 72 heavy (non-hydrogen) atoms. The molecule has 14 rings (SSSR count). The Morgan fingerprint density at radius 2 is 0.653 bits per heavy atom. The van der Waals surface area contributed by atoms with Crippen LogP contribution in [0.15, 0.2) is 255 Å². The van der Waals surface area contributed by atoms with Crippen molar-refractivity contribution in [2.75, 3.05) is 0 Å². The Labute approximate surface area is 415 Å². The normalized spacial score (nSPS) is 11.6. The van der Waals surface area contributed by atoms with Crippen LogP contribution >= 0.6 is 0 Å². The summed E-state index contributed by atoms with van der Waals surface area (Å²) in [6.07, 6.45) is 0. The number of hydrogen-bond acceptors (Lipinski definition) is 4. The van der Waals surface area contributed by atoms with E-state index in [1.807, 2.05) is 60.7 Å². The molecule has 0 bridgehead atoms. The van der Waals surface area contributed by atoms with Gasteiger partial charge in [0.2, 0.25) is 0 Å². The average Bonchev–Trinajstić information content (AvgIpc) is 3.98. The highest BCUT2D eigenvalue weighted by atomic mass is 15.0. The van der Waals surface area contributed by atoms with Crippen LogP contribution in [0.4, 0.5) is 0 Å². The standard InChI is InChI=1S/C66H42N6/c1-5-19-43(20-6-1)55-41-48(42-56(67-55)44-21-7-2-8-22-44)50-37-38-59(52-28-14-13-27-51(50)52)72-58-32-18-16-30-54(58)63-61(72)40-39-60-62(63)53-29-15-17-31-57(53)71(60)49-35-33-47(34-36-49)66-69-64(45-23-9-3-10-24-45)68-65(70-66)46-25-11-4-12-26-46/h1-42H. The topological polar surface area (TPSA) is 61.4 Å². The van der Waals surface area contributed by atoms with E-state index in [1.165, 1.54) is 32.3 Å². The summed E-state index contributed by atoms with van der Waals surface area (Å²) < 4.78 is 4.86.